The molecule has 74 valence electrons. The van der Waals surface area contributed by atoms with Gasteiger partial charge in [0.2, 0.25) is 0 Å². The van der Waals surface area contributed by atoms with Crippen LogP contribution in [0.25, 0.3) is 0 Å². The first-order valence-electron chi connectivity index (χ1n) is 4.11. The Labute approximate surface area is 91.5 Å². The zero-order valence-corrected chi connectivity index (χ0v) is 12.2. The molecule has 2 radical (unpaired) electrons. The summed E-state index contributed by atoms with van der Waals surface area (Å²) in [4.78, 5) is 21.9. The van der Waals surface area contributed by atoms with Crippen LogP contribution < -0.4 is 0 Å². The zero-order valence-electron chi connectivity index (χ0n) is 8.29. The van der Waals surface area contributed by atoms with E-state index in [0.29, 0.717) is 0 Å². The second-order valence-corrected chi connectivity index (χ2v) is 5.47. The molecule has 0 aliphatic carbocycles. The van der Waals surface area contributed by atoms with E-state index in [4.69, 9.17) is 5.37 Å². The molecule has 0 amide bonds. The molecule has 0 aliphatic heterocycles. The van der Waals surface area contributed by atoms with E-state index in [1.165, 1.54) is 0 Å². The van der Waals surface area contributed by atoms with Crippen LogP contribution in [0.3, 0.4) is 0 Å². The normalized spacial score (nSPS) is 10.3. The fourth-order valence-electron chi connectivity index (χ4n) is 0.339. The second-order valence-electron chi connectivity index (χ2n) is 3.23. The summed E-state index contributed by atoms with van der Waals surface area (Å²) in [5.41, 5.74) is 0. The third-order valence-corrected chi connectivity index (χ3v) is 3.44. The van der Waals surface area contributed by atoms with Crippen LogP contribution in [0.1, 0.15) is 27.7 Å². The number of hydrogen-bond acceptors (Lipinski definition) is 4. The van der Waals surface area contributed by atoms with E-state index in [-0.39, 0.29) is 23.8 Å². The quantitative estimate of drug-likeness (QED) is 0.680. The molecule has 0 aromatic carbocycles. The van der Waals surface area contributed by atoms with Crippen LogP contribution in [0.2, 0.25) is 0 Å². The van der Waals surface area contributed by atoms with Crippen LogP contribution in [0.15, 0.2) is 0 Å². The van der Waals surface area contributed by atoms with E-state index in [2.05, 4.69) is 0 Å². The molecule has 0 unspecified atom stereocenters. The van der Waals surface area contributed by atoms with Crippen LogP contribution in [0.4, 0.5) is 0 Å². The van der Waals surface area contributed by atoms with Crippen molar-refractivity contribution in [1.82, 2.24) is 0 Å². The average Bonchev–Trinajstić information content (AvgIpc) is 2.03. The molecule has 0 rings (SSSR count). The molecule has 0 bridgehead atoms. The molecular weight excluding hydrogens is 367 g/mol. The van der Waals surface area contributed by atoms with Gasteiger partial charge in [0.25, 0.3) is 0 Å². The molecule has 0 saturated heterocycles. The van der Waals surface area contributed by atoms with Crippen molar-refractivity contribution in [2.45, 2.75) is 27.7 Å². The van der Waals surface area contributed by atoms with E-state index in [9.17, 15) is 9.59 Å². The number of carbonyl (C=O) groups excluding carboxylic acids is 2. The summed E-state index contributed by atoms with van der Waals surface area (Å²) in [5, 5.41) is 0. The fraction of sp³-hybridized carbons (Fsp3) is 0.750. The first-order valence-corrected chi connectivity index (χ1v) is 7.29. The molecule has 5 heteroatoms. The van der Waals surface area contributed by atoms with Crippen LogP contribution in [0.5, 0.6) is 0 Å². The van der Waals surface area contributed by atoms with Crippen molar-refractivity contribution < 1.29 is 15.0 Å². The van der Waals surface area contributed by atoms with E-state index in [0.717, 1.165) is 0 Å². The Kier molecular flexibility index (Phi) is 6.27. The zero-order chi connectivity index (χ0) is 10.4. The molecule has 0 fully saturated rings. The molecular formula is C8H14O4Pb. The van der Waals surface area contributed by atoms with E-state index >= 15 is 0 Å². The molecule has 0 saturated carbocycles. The molecule has 0 aromatic heterocycles. The number of carbonyl (C=O) groups is 2. The minimum atomic E-state index is -1.94. The van der Waals surface area contributed by atoms with Crippen LogP contribution in [0, 0.1) is 11.8 Å². The van der Waals surface area contributed by atoms with Gasteiger partial charge in [-0.3, -0.25) is 0 Å². The van der Waals surface area contributed by atoms with E-state index in [1.807, 2.05) is 0 Å². The number of rotatable bonds is 4. The maximum atomic E-state index is 10.9. The Morgan fingerprint density at radius 3 is 1.46 bits per heavy atom. The van der Waals surface area contributed by atoms with Gasteiger partial charge in [-0.2, -0.15) is 0 Å². The Bertz CT molecular complexity index is 169. The monoisotopic (exact) mass is 382 g/mol. The molecule has 13 heavy (non-hydrogen) atoms. The molecule has 0 aliphatic rings. The molecule has 0 spiro atoms. The summed E-state index contributed by atoms with van der Waals surface area (Å²) >= 11 is -1.94. The second kappa shape index (κ2) is 6.34. The maximum absolute atomic E-state index is 10.9. The Morgan fingerprint density at radius 2 is 1.23 bits per heavy atom. The fourth-order valence-corrected chi connectivity index (χ4v) is 2.97. The standard InChI is InChI=1S/2C4H8O2.Pb/c2*1-3(2)4(5)6;/h2*3H,1-2H3,(H,5,6);/q;;+2/p-2. The van der Waals surface area contributed by atoms with Gasteiger partial charge >= 0.3 is 91.6 Å². The van der Waals surface area contributed by atoms with Gasteiger partial charge in [-0.25, -0.2) is 0 Å². The van der Waals surface area contributed by atoms with E-state index in [1.54, 1.807) is 27.7 Å². The summed E-state index contributed by atoms with van der Waals surface area (Å²) in [6, 6.07) is 0. The SMILES string of the molecule is CC(C)C(=O)[O][Pb][O]C(=O)C(C)C. The van der Waals surface area contributed by atoms with Crippen molar-refractivity contribution in [3.05, 3.63) is 0 Å². The topological polar surface area (TPSA) is 52.6 Å². The van der Waals surface area contributed by atoms with Gasteiger partial charge < -0.3 is 0 Å². The van der Waals surface area contributed by atoms with Crippen molar-refractivity contribution in [1.29, 1.82) is 0 Å². The predicted octanol–water partition coefficient (Wildman–Crippen LogP) is 0.919. The van der Waals surface area contributed by atoms with E-state index < -0.39 is 25.1 Å². The van der Waals surface area contributed by atoms with Gasteiger partial charge in [0.05, 0.1) is 0 Å². The minimum absolute atomic E-state index is 0.148. The Morgan fingerprint density at radius 1 is 0.923 bits per heavy atom. The van der Waals surface area contributed by atoms with Gasteiger partial charge in [-0.05, 0) is 0 Å². The van der Waals surface area contributed by atoms with Crippen molar-refractivity contribution >= 4 is 37.1 Å². The first-order chi connectivity index (χ1) is 5.95. The number of hydrogen-bond donors (Lipinski definition) is 0. The molecule has 0 atom stereocenters. The summed E-state index contributed by atoms with van der Waals surface area (Å²) in [5.74, 6) is -0.852. The van der Waals surface area contributed by atoms with Gasteiger partial charge in [0.1, 0.15) is 0 Å². The van der Waals surface area contributed by atoms with Crippen molar-refractivity contribution in [2.75, 3.05) is 0 Å². The predicted molar refractivity (Wildman–Crippen MR) is 47.6 cm³/mol. The summed E-state index contributed by atoms with van der Waals surface area (Å²) in [6.07, 6.45) is 0. The first kappa shape index (κ1) is 12.9. The van der Waals surface area contributed by atoms with Crippen molar-refractivity contribution in [3.8, 4) is 0 Å². The molecule has 0 heterocycles. The third-order valence-electron chi connectivity index (χ3n) is 1.23. The van der Waals surface area contributed by atoms with Gasteiger partial charge in [0, 0.05) is 0 Å². The Balaban J connectivity index is 3.57. The van der Waals surface area contributed by atoms with Crippen LogP contribution in [-0.4, -0.2) is 37.1 Å². The average molecular weight is 381 g/mol. The summed E-state index contributed by atoms with van der Waals surface area (Å²) in [7, 11) is 0. The van der Waals surface area contributed by atoms with Crippen molar-refractivity contribution in [3.63, 3.8) is 0 Å². The Hall–Kier alpha value is -0.138. The van der Waals surface area contributed by atoms with Crippen LogP contribution >= 0.6 is 0 Å². The van der Waals surface area contributed by atoms with Gasteiger partial charge in [-0.15, -0.1) is 0 Å². The van der Waals surface area contributed by atoms with Crippen molar-refractivity contribution in [2.24, 2.45) is 11.8 Å². The van der Waals surface area contributed by atoms with Gasteiger partial charge in [0.15, 0.2) is 0 Å². The van der Waals surface area contributed by atoms with Gasteiger partial charge in [-0.1, -0.05) is 0 Å². The molecule has 0 N–H and O–H groups in total. The van der Waals surface area contributed by atoms with Crippen LogP contribution in [-0.2, 0) is 15.0 Å². The summed E-state index contributed by atoms with van der Waals surface area (Å²) in [6.45, 7) is 6.98. The summed E-state index contributed by atoms with van der Waals surface area (Å²) < 4.78 is 9.67. The molecule has 0 aromatic rings. The third kappa shape index (κ3) is 6.00. The molecule has 4 nitrogen and oxygen atoms in total.